The zero-order valence-electron chi connectivity index (χ0n) is 14.8. The van der Waals surface area contributed by atoms with E-state index in [-0.39, 0.29) is 24.4 Å². The van der Waals surface area contributed by atoms with Crippen molar-refractivity contribution in [1.82, 2.24) is 20.4 Å². The number of nitrogens with zero attached hydrogens (tertiary/aromatic N) is 2. The molecule has 1 aliphatic carbocycles. The van der Waals surface area contributed by atoms with Crippen LogP contribution < -0.4 is 10.6 Å². The molecule has 5 nitrogen and oxygen atoms in total. The zero-order valence-corrected chi connectivity index (χ0v) is 17.1. The monoisotopic (exact) mass is 416 g/mol. The largest absolute Gasteiger partial charge is 0.349 e. The highest BCUT2D eigenvalue weighted by atomic mass is 35.5. The summed E-state index contributed by atoms with van der Waals surface area (Å²) in [7, 11) is 0. The Labute approximate surface area is 169 Å². The highest BCUT2D eigenvalue weighted by Gasteiger charge is 2.27. The van der Waals surface area contributed by atoms with Gasteiger partial charge in [-0.3, -0.25) is 4.79 Å². The highest BCUT2D eigenvalue weighted by Crippen LogP contribution is 2.31. The van der Waals surface area contributed by atoms with Crippen LogP contribution in [0.4, 0.5) is 0 Å². The molecule has 0 saturated carbocycles. The lowest BCUT2D eigenvalue weighted by Gasteiger charge is -2.12. The van der Waals surface area contributed by atoms with Gasteiger partial charge < -0.3 is 10.6 Å². The molecule has 0 bridgehead atoms. The van der Waals surface area contributed by atoms with Crippen molar-refractivity contribution in [2.45, 2.75) is 39.2 Å². The third-order valence-corrected chi connectivity index (χ3v) is 4.94. The van der Waals surface area contributed by atoms with Gasteiger partial charge in [0, 0.05) is 28.9 Å². The first kappa shape index (κ1) is 21.0. The van der Waals surface area contributed by atoms with Gasteiger partial charge in [-0.1, -0.05) is 30.1 Å². The molecule has 0 radical (unpaired) electrons. The molecule has 1 atom stereocenters. The van der Waals surface area contributed by atoms with Crippen molar-refractivity contribution in [3.63, 3.8) is 0 Å². The summed E-state index contributed by atoms with van der Waals surface area (Å²) >= 11 is 12.3. The van der Waals surface area contributed by atoms with Gasteiger partial charge in [0.15, 0.2) is 5.69 Å². The number of fused-ring (bicyclic) bond motifs is 1. The fourth-order valence-electron chi connectivity index (χ4n) is 3.22. The molecule has 1 aromatic carbocycles. The van der Waals surface area contributed by atoms with E-state index < -0.39 is 0 Å². The lowest BCUT2D eigenvalue weighted by Crippen LogP contribution is -2.39. The summed E-state index contributed by atoms with van der Waals surface area (Å²) in [6, 6.07) is 5.53. The van der Waals surface area contributed by atoms with Crippen molar-refractivity contribution in [2.24, 2.45) is 0 Å². The smallest absolute Gasteiger partial charge is 0.272 e. The molecule has 26 heavy (non-hydrogen) atoms. The number of aromatic nitrogens is 2. The van der Waals surface area contributed by atoms with Crippen LogP contribution in [0.15, 0.2) is 18.2 Å². The second-order valence-electron chi connectivity index (χ2n) is 6.30. The summed E-state index contributed by atoms with van der Waals surface area (Å²) < 4.78 is 1.80. The molecule has 142 valence electrons. The number of benzene rings is 1. The summed E-state index contributed by atoms with van der Waals surface area (Å²) in [5, 5.41) is 11.9. The van der Waals surface area contributed by atoms with Crippen molar-refractivity contribution in [2.75, 3.05) is 13.1 Å². The lowest BCUT2D eigenvalue weighted by molar-refractivity contribution is 0.0944. The number of likely N-dealkylation sites (N-methyl/N-ethyl adjacent to an activating group) is 1. The van der Waals surface area contributed by atoms with Gasteiger partial charge in [0.1, 0.15) is 0 Å². The summed E-state index contributed by atoms with van der Waals surface area (Å²) in [4.78, 5) is 12.6. The SMILES string of the molecule is CCN[C@H](C)CNC(=O)c1nn(-c2ccc(Cl)cc2Cl)c2c1CCC2.Cl. The standard InChI is InChI=1S/C18H22Cl2N4O.ClH/c1-3-21-11(2)10-22-18(25)17-13-5-4-6-15(13)24(23-17)16-8-7-12(19)9-14(16)20;/h7-9,11,21H,3-6,10H2,1-2H3,(H,22,25);1H/t11-;/m1./s1. The van der Waals surface area contributed by atoms with E-state index in [0.29, 0.717) is 22.3 Å². The van der Waals surface area contributed by atoms with Crippen molar-refractivity contribution < 1.29 is 4.79 Å². The molecule has 0 aliphatic heterocycles. The molecule has 0 unspecified atom stereocenters. The van der Waals surface area contributed by atoms with Crippen LogP contribution in [0.1, 0.15) is 42.0 Å². The highest BCUT2D eigenvalue weighted by molar-refractivity contribution is 6.35. The van der Waals surface area contributed by atoms with E-state index in [2.05, 4.69) is 15.7 Å². The molecular formula is C18H23Cl3N4O. The summed E-state index contributed by atoms with van der Waals surface area (Å²) in [6.07, 6.45) is 2.78. The molecule has 0 fully saturated rings. The third kappa shape index (κ3) is 4.34. The van der Waals surface area contributed by atoms with Crippen LogP contribution in [0.3, 0.4) is 0 Å². The second-order valence-corrected chi connectivity index (χ2v) is 7.15. The van der Waals surface area contributed by atoms with Gasteiger partial charge in [0.25, 0.3) is 5.91 Å². The minimum absolute atomic E-state index is 0. The number of amides is 1. The average Bonchev–Trinajstić information content (AvgIpc) is 3.16. The van der Waals surface area contributed by atoms with E-state index in [1.54, 1.807) is 16.8 Å². The quantitative estimate of drug-likeness (QED) is 0.751. The van der Waals surface area contributed by atoms with Crippen LogP contribution >= 0.6 is 35.6 Å². The Balaban J connectivity index is 0.00000243. The van der Waals surface area contributed by atoms with E-state index in [4.69, 9.17) is 23.2 Å². The first-order chi connectivity index (χ1) is 12.0. The molecule has 1 heterocycles. The Kier molecular flexibility index (Phi) is 7.35. The van der Waals surface area contributed by atoms with E-state index in [0.717, 1.165) is 42.8 Å². The van der Waals surface area contributed by atoms with Crippen molar-refractivity contribution in [1.29, 1.82) is 0 Å². The Morgan fingerprint density at radius 3 is 2.81 bits per heavy atom. The summed E-state index contributed by atoms with van der Waals surface area (Å²) in [5.74, 6) is -0.133. The average molecular weight is 418 g/mol. The van der Waals surface area contributed by atoms with Crippen LogP contribution in [-0.2, 0) is 12.8 Å². The lowest BCUT2D eigenvalue weighted by atomic mass is 10.2. The second kappa shape index (κ2) is 9.09. The summed E-state index contributed by atoms with van der Waals surface area (Å²) in [6.45, 7) is 5.52. The maximum atomic E-state index is 12.6. The van der Waals surface area contributed by atoms with Crippen molar-refractivity contribution in [3.8, 4) is 5.69 Å². The molecule has 1 aliphatic rings. The van der Waals surface area contributed by atoms with Crippen LogP contribution in [0.2, 0.25) is 10.0 Å². The fourth-order valence-corrected chi connectivity index (χ4v) is 3.71. The maximum Gasteiger partial charge on any atom is 0.272 e. The number of nitrogens with one attached hydrogen (secondary N) is 2. The predicted molar refractivity (Wildman–Crippen MR) is 108 cm³/mol. The Morgan fingerprint density at radius 2 is 2.12 bits per heavy atom. The van der Waals surface area contributed by atoms with Crippen LogP contribution in [0, 0.1) is 0 Å². The van der Waals surface area contributed by atoms with Gasteiger partial charge in [-0.15, -0.1) is 12.4 Å². The van der Waals surface area contributed by atoms with Crippen LogP contribution in [-0.4, -0.2) is 34.8 Å². The molecule has 2 N–H and O–H groups in total. The number of hydrogen-bond acceptors (Lipinski definition) is 3. The van der Waals surface area contributed by atoms with Gasteiger partial charge in [0.05, 0.1) is 10.7 Å². The number of carbonyl (C=O) groups excluding carboxylic acids is 1. The van der Waals surface area contributed by atoms with Gasteiger partial charge in [0.2, 0.25) is 0 Å². The first-order valence-electron chi connectivity index (χ1n) is 8.59. The van der Waals surface area contributed by atoms with Crippen LogP contribution in [0.5, 0.6) is 0 Å². The molecule has 0 spiro atoms. The van der Waals surface area contributed by atoms with E-state index in [9.17, 15) is 4.79 Å². The number of hydrogen-bond donors (Lipinski definition) is 2. The third-order valence-electron chi connectivity index (χ3n) is 4.40. The molecule has 2 aromatic rings. The molecule has 3 rings (SSSR count). The molecule has 8 heteroatoms. The van der Waals surface area contributed by atoms with Gasteiger partial charge in [-0.25, -0.2) is 4.68 Å². The normalized spacial score (nSPS) is 13.8. The molecular weight excluding hydrogens is 395 g/mol. The van der Waals surface area contributed by atoms with Gasteiger partial charge in [-0.05, 0) is 50.9 Å². The van der Waals surface area contributed by atoms with Crippen molar-refractivity contribution >= 4 is 41.5 Å². The van der Waals surface area contributed by atoms with Gasteiger partial charge >= 0.3 is 0 Å². The van der Waals surface area contributed by atoms with Crippen LogP contribution in [0.25, 0.3) is 5.69 Å². The van der Waals surface area contributed by atoms with E-state index in [1.165, 1.54) is 0 Å². The number of rotatable bonds is 6. The molecule has 0 saturated heterocycles. The van der Waals surface area contributed by atoms with Gasteiger partial charge in [-0.2, -0.15) is 5.10 Å². The van der Waals surface area contributed by atoms with Crippen molar-refractivity contribution in [3.05, 3.63) is 45.2 Å². The fraction of sp³-hybridized carbons (Fsp3) is 0.444. The Morgan fingerprint density at radius 1 is 1.35 bits per heavy atom. The topological polar surface area (TPSA) is 58.9 Å². The Hall–Kier alpha value is -1.27. The zero-order chi connectivity index (χ0) is 18.0. The number of halogens is 3. The first-order valence-corrected chi connectivity index (χ1v) is 9.34. The minimum Gasteiger partial charge on any atom is -0.349 e. The molecule has 1 aromatic heterocycles. The summed E-state index contributed by atoms with van der Waals surface area (Å²) in [5.41, 5.74) is 3.35. The minimum atomic E-state index is -0.133. The van der Waals surface area contributed by atoms with E-state index >= 15 is 0 Å². The predicted octanol–water partition coefficient (Wildman–Crippen LogP) is 3.82. The molecule has 1 amide bonds. The maximum absolute atomic E-state index is 12.6. The van der Waals surface area contributed by atoms with E-state index in [1.807, 2.05) is 19.9 Å². The number of carbonyl (C=O) groups is 1. The Bertz CT molecular complexity index is 791.